The number of nitrogens with zero attached hydrogens (tertiary/aromatic N) is 4. The minimum absolute atomic E-state index is 0.0286. The highest BCUT2D eigenvalue weighted by Gasteiger charge is 2.15. The Hall–Kier alpha value is -4.48. The van der Waals surface area contributed by atoms with Crippen LogP contribution in [0.1, 0.15) is 0 Å². The van der Waals surface area contributed by atoms with E-state index in [0.29, 0.717) is 65.8 Å². The van der Waals surface area contributed by atoms with E-state index in [2.05, 4.69) is 37.1 Å². The second-order valence-electron chi connectivity index (χ2n) is 8.77. The molecule has 9 nitrogen and oxygen atoms in total. The van der Waals surface area contributed by atoms with Crippen molar-refractivity contribution in [3.63, 3.8) is 0 Å². The molecule has 5 rings (SSSR count). The highest BCUT2D eigenvalue weighted by Crippen LogP contribution is 2.34. The van der Waals surface area contributed by atoms with Crippen molar-refractivity contribution >= 4 is 34.0 Å². The van der Waals surface area contributed by atoms with Crippen LogP contribution in [0.15, 0.2) is 67.6 Å². The largest absolute Gasteiger partial charge is 0.490 e. The minimum atomic E-state index is -0.761. The Labute approximate surface area is 223 Å². The zero-order chi connectivity index (χ0) is 27.2. The third-order valence-electron chi connectivity index (χ3n) is 6.16. The van der Waals surface area contributed by atoms with Gasteiger partial charge in [0.15, 0.2) is 5.82 Å². The Bertz CT molecular complexity index is 1510. The van der Waals surface area contributed by atoms with Crippen LogP contribution in [0, 0.1) is 11.6 Å². The maximum Gasteiger partial charge on any atom is 0.247 e. The molecule has 4 aromatic rings. The first-order valence-electron chi connectivity index (χ1n) is 12.3. The van der Waals surface area contributed by atoms with E-state index < -0.39 is 11.6 Å². The van der Waals surface area contributed by atoms with Crippen molar-refractivity contribution in [2.75, 3.05) is 50.1 Å². The molecule has 0 radical (unpaired) electrons. The Morgan fingerprint density at radius 3 is 2.77 bits per heavy atom. The fraction of sp³-hybridized carbons (Fsp3) is 0.214. The van der Waals surface area contributed by atoms with Gasteiger partial charge >= 0.3 is 0 Å². The van der Waals surface area contributed by atoms with Gasteiger partial charge in [-0.1, -0.05) is 18.7 Å². The summed E-state index contributed by atoms with van der Waals surface area (Å²) in [5.41, 5.74) is 2.12. The van der Waals surface area contributed by atoms with E-state index in [1.165, 1.54) is 12.4 Å². The number of pyridine rings is 1. The number of morpholine rings is 1. The normalized spacial score (nSPS) is 13.7. The number of amides is 1. The zero-order valence-electron chi connectivity index (χ0n) is 21.0. The van der Waals surface area contributed by atoms with Crippen molar-refractivity contribution in [2.24, 2.45) is 0 Å². The third-order valence-corrected chi connectivity index (χ3v) is 6.16. The average Bonchev–Trinajstić information content (AvgIpc) is 2.94. The second kappa shape index (κ2) is 11.9. The van der Waals surface area contributed by atoms with Crippen molar-refractivity contribution in [1.82, 2.24) is 19.9 Å². The van der Waals surface area contributed by atoms with Crippen LogP contribution >= 0.6 is 0 Å². The summed E-state index contributed by atoms with van der Waals surface area (Å²) < 4.78 is 39.1. The highest BCUT2D eigenvalue weighted by atomic mass is 19.1. The van der Waals surface area contributed by atoms with Crippen LogP contribution in [-0.2, 0) is 9.53 Å². The summed E-state index contributed by atoms with van der Waals surface area (Å²) in [6.45, 7) is 7.74. The molecule has 2 aromatic carbocycles. The van der Waals surface area contributed by atoms with Crippen molar-refractivity contribution in [2.45, 2.75) is 0 Å². The lowest BCUT2D eigenvalue weighted by atomic mass is 10.1. The van der Waals surface area contributed by atoms with E-state index in [1.807, 2.05) is 0 Å². The standard InChI is InChI=1S/C28H26F2N6O3/c1-2-26(37)35-24-14-21-23(15-25(24)39-11-8-36-6-9-38-10-7-36)32-17-33-28(21)34-20-5-3-4-18(12-20)27-22(30)13-19(29)16-31-27/h2-5,12-17H,1,6-11H2,(H,35,37)(H,32,33,34). The van der Waals surface area contributed by atoms with Gasteiger partial charge in [-0.15, -0.1) is 0 Å². The first kappa shape index (κ1) is 26.1. The number of anilines is 3. The number of fused-ring (bicyclic) bond motifs is 1. The van der Waals surface area contributed by atoms with E-state index in [4.69, 9.17) is 9.47 Å². The molecule has 0 aliphatic carbocycles. The molecule has 0 spiro atoms. The number of ether oxygens (including phenoxy) is 2. The number of halogens is 2. The fourth-order valence-corrected chi connectivity index (χ4v) is 4.20. The number of hydrogen-bond donors (Lipinski definition) is 2. The first-order chi connectivity index (χ1) is 19.0. The third kappa shape index (κ3) is 6.33. The summed E-state index contributed by atoms with van der Waals surface area (Å²) in [5, 5.41) is 6.63. The maximum absolute atomic E-state index is 14.3. The summed E-state index contributed by atoms with van der Waals surface area (Å²) in [4.78, 5) is 27.1. The average molecular weight is 533 g/mol. The topological polar surface area (TPSA) is 102 Å². The van der Waals surface area contributed by atoms with Crippen molar-refractivity contribution in [3.05, 3.63) is 79.3 Å². The second-order valence-corrected chi connectivity index (χ2v) is 8.77. The number of rotatable bonds is 9. The number of carbonyl (C=O) groups excluding carboxylic acids is 1. The maximum atomic E-state index is 14.3. The van der Waals surface area contributed by atoms with E-state index in [0.717, 1.165) is 25.4 Å². The molecule has 1 aliphatic heterocycles. The predicted octanol–water partition coefficient (Wildman–Crippen LogP) is 4.55. The van der Waals surface area contributed by atoms with Gasteiger partial charge < -0.3 is 20.1 Å². The summed E-state index contributed by atoms with van der Waals surface area (Å²) in [6, 6.07) is 11.1. The molecule has 39 heavy (non-hydrogen) atoms. The van der Waals surface area contributed by atoms with Crippen LogP contribution in [0.3, 0.4) is 0 Å². The molecular weight excluding hydrogens is 506 g/mol. The van der Waals surface area contributed by atoms with Crippen LogP contribution in [-0.4, -0.2) is 65.2 Å². The summed E-state index contributed by atoms with van der Waals surface area (Å²) in [7, 11) is 0. The molecule has 0 unspecified atom stereocenters. The quantitative estimate of drug-likeness (QED) is 0.303. The SMILES string of the molecule is C=CC(=O)Nc1cc2c(Nc3cccc(-c4ncc(F)cc4F)c3)ncnc2cc1OCCN1CCOCC1. The van der Waals surface area contributed by atoms with E-state index in [9.17, 15) is 13.6 Å². The number of aromatic nitrogens is 3. The van der Waals surface area contributed by atoms with Crippen LogP contribution in [0.4, 0.5) is 26.0 Å². The molecule has 1 aliphatic rings. The summed E-state index contributed by atoms with van der Waals surface area (Å²) >= 11 is 0. The van der Waals surface area contributed by atoms with Crippen molar-refractivity contribution in [3.8, 4) is 17.0 Å². The number of benzene rings is 2. The van der Waals surface area contributed by atoms with Gasteiger partial charge in [0.25, 0.3) is 0 Å². The lowest BCUT2D eigenvalue weighted by Gasteiger charge is -2.26. The van der Waals surface area contributed by atoms with Gasteiger partial charge in [0, 0.05) is 48.4 Å². The lowest BCUT2D eigenvalue weighted by Crippen LogP contribution is -2.38. The first-order valence-corrected chi connectivity index (χ1v) is 12.3. The van der Waals surface area contributed by atoms with Gasteiger partial charge in [-0.05, 0) is 24.3 Å². The van der Waals surface area contributed by atoms with E-state index in [-0.39, 0.29) is 11.6 Å². The van der Waals surface area contributed by atoms with Gasteiger partial charge in [0.1, 0.15) is 36.0 Å². The highest BCUT2D eigenvalue weighted by molar-refractivity contribution is 6.03. The van der Waals surface area contributed by atoms with Crippen LogP contribution in [0.5, 0.6) is 5.75 Å². The van der Waals surface area contributed by atoms with Crippen LogP contribution in [0.25, 0.3) is 22.2 Å². The predicted molar refractivity (Wildman–Crippen MR) is 144 cm³/mol. The molecule has 11 heteroatoms. The molecule has 2 aromatic heterocycles. The Morgan fingerprint density at radius 2 is 1.97 bits per heavy atom. The smallest absolute Gasteiger partial charge is 0.247 e. The van der Waals surface area contributed by atoms with Crippen LogP contribution < -0.4 is 15.4 Å². The summed E-state index contributed by atoms with van der Waals surface area (Å²) in [6.07, 6.45) is 3.56. The molecule has 1 amide bonds. The van der Waals surface area contributed by atoms with Gasteiger partial charge in [0.05, 0.1) is 30.6 Å². The molecule has 0 bridgehead atoms. The van der Waals surface area contributed by atoms with Gasteiger partial charge in [-0.2, -0.15) is 0 Å². The van der Waals surface area contributed by atoms with Crippen molar-refractivity contribution in [1.29, 1.82) is 0 Å². The van der Waals surface area contributed by atoms with E-state index in [1.54, 1.807) is 36.4 Å². The summed E-state index contributed by atoms with van der Waals surface area (Å²) in [5.74, 6) is -0.973. The Balaban J connectivity index is 1.43. The molecule has 200 valence electrons. The van der Waals surface area contributed by atoms with Gasteiger partial charge in [-0.25, -0.2) is 18.7 Å². The molecule has 0 saturated carbocycles. The number of carbonyl (C=O) groups is 1. The molecule has 0 atom stereocenters. The molecule has 1 fully saturated rings. The Kier molecular flexibility index (Phi) is 7.99. The molecule has 3 heterocycles. The van der Waals surface area contributed by atoms with Gasteiger partial charge in [0.2, 0.25) is 5.91 Å². The minimum Gasteiger partial charge on any atom is -0.490 e. The Morgan fingerprint density at radius 1 is 1.13 bits per heavy atom. The zero-order valence-corrected chi connectivity index (χ0v) is 21.0. The molecule has 2 N–H and O–H groups in total. The van der Waals surface area contributed by atoms with Crippen LogP contribution in [0.2, 0.25) is 0 Å². The molecule has 1 saturated heterocycles. The van der Waals surface area contributed by atoms with E-state index >= 15 is 0 Å². The lowest BCUT2D eigenvalue weighted by molar-refractivity contribution is -0.111. The number of hydrogen-bond acceptors (Lipinski definition) is 8. The fourth-order valence-electron chi connectivity index (χ4n) is 4.20. The monoisotopic (exact) mass is 532 g/mol. The van der Waals surface area contributed by atoms with Gasteiger partial charge in [-0.3, -0.25) is 14.7 Å². The molecular formula is C28H26F2N6O3. The number of nitrogens with one attached hydrogen (secondary N) is 2. The van der Waals surface area contributed by atoms with Crippen molar-refractivity contribution < 1.29 is 23.0 Å².